The average Bonchev–Trinajstić information content (AvgIpc) is 2.58. The maximum atomic E-state index is 12.1. The van der Waals surface area contributed by atoms with E-state index in [0.29, 0.717) is 29.5 Å². The Kier molecular flexibility index (Phi) is 7.56. The molecule has 140 valence electrons. The van der Waals surface area contributed by atoms with E-state index in [2.05, 4.69) is 5.32 Å². The quantitative estimate of drug-likeness (QED) is 0.742. The van der Waals surface area contributed by atoms with E-state index < -0.39 is 10.0 Å². The largest absolute Gasteiger partial charge is 0.356 e. The standard InChI is InChI=1S/C18H27ClN2O3S/c1-25(23,24)21(17-11-6-5-10-16(17)19)13-7-12-18(22)20-14-15-8-3-2-4-9-15/h5-6,10-11,15H,2-4,7-9,12-14H2,1H3,(H,20,22). The predicted octanol–water partition coefficient (Wildman–Crippen LogP) is 3.58. The Hall–Kier alpha value is -1.27. The van der Waals surface area contributed by atoms with Crippen molar-refractivity contribution >= 4 is 33.2 Å². The topological polar surface area (TPSA) is 66.5 Å². The van der Waals surface area contributed by atoms with Crippen LogP contribution in [0.5, 0.6) is 0 Å². The first-order valence-electron chi connectivity index (χ1n) is 8.87. The molecule has 0 bridgehead atoms. The van der Waals surface area contributed by atoms with Gasteiger partial charge < -0.3 is 5.32 Å². The molecule has 0 atom stereocenters. The fraction of sp³-hybridized carbons (Fsp3) is 0.611. The summed E-state index contributed by atoms with van der Waals surface area (Å²) in [6, 6.07) is 6.83. The van der Waals surface area contributed by atoms with Gasteiger partial charge in [0.1, 0.15) is 0 Å². The van der Waals surface area contributed by atoms with Gasteiger partial charge in [-0.25, -0.2) is 8.42 Å². The van der Waals surface area contributed by atoms with Gasteiger partial charge in [0.25, 0.3) is 0 Å². The summed E-state index contributed by atoms with van der Waals surface area (Å²) in [4.78, 5) is 12.0. The number of benzene rings is 1. The van der Waals surface area contributed by atoms with Crippen molar-refractivity contribution in [2.24, 2.45) is 5.92 Å². The molecule has 1 aliphatic rings. The minimum Gasteiger partial charge on any atom is -0.356 e. The molecule has 0 saturated heterocycles. The summed E-state index contributed by atoms with van der Waals surface area (Å²) in [6.45, 7) is 0.971. The van der Waals surface area contributed by atoms with E-state index in [4.69, 9.17) is 11.6 Å². The number of nitrogens with one attached hydrogen (secondary N) is 1. The molecule has 0 spiro atoms. The Morgan fingerprint density at radius 2 is 1.92 bits per heavy atom. The van der Waals surface area contributed by atoms with Crippen LogP contribution in [0.25, 0.3) is 0 Å². The Balaban J connectivity index is 1.82. The molecule has 0 radical (unpaired) electrons. The number of hydrogen-bond donors (Lipinski definition) is 1. The third-order valence-electron chi connectivity index (χ3n) is 4.60. The predicted molar refractivity (Wildman–Crippen MR) is 102 cm³/mol. The lowest BCUT2D eigenvalue weighted by atomic mass is 9.89. The highest BCUT2D eigenvalue weighted by molar-refractivity contribution is 7.92. The number of carbonyl (C=O) groups excluding carboxylic acids is 1. The third-order valence-corrected chi connectivity index (χ3v) is 6.10. The second-order valence-corrected chi connectivity index (χ2v) is 9.01. The highest BCUT2D eigenvalue weighted by Gasteiger charge is 2.20. The first kappa shape index (κ1) is 20.0. The van der Waals surface area contributed by atoms with E-state index in [0.717, 1.165) is 12.8 Å². The normalized spacial score (nSPS) is 15.8. The van der Waals surface area contributed by atoms with E-state index in [1.807, 2.05) is 0 Å². The van der Waals surface area contributed by atoms with Gasteiger partial charge in [0.15, 0.2) is 0 Å². The molecule has 1 N–H and O–H groups in total. The molecule has 1 aromatic carbocycles. The number of rotatable bonds is 8. The van der Waals surface area contributed by atoms with Crippen LogP contribution in [0.1, 0.15) is 44.9 Å². The van der Waals surface area contributed by atoms with Gasteiger partial charge >= 0.3 is 0 Å². The highest BCUT2D eigenvalue weighted by atomic mass is 35.5. The molecule has 1 saturated carbocycles. The Bertz CT molecular complexity index is 673. The molecular weight excluding hydrogens is 360 g/mol. The van der Waals surface area contributed by atoms with Crippen molar-refractivity contribution < 1.29 is 13.2 Å². The van der Waals surface area contributed by atoms with E-state index >= 15 is 0 Å². The molecule has 1 amide bonds. The number of hydrogen-bond acceptors (Lipinski definition) is 3. The smallest absolute Gasteiger partial charge is 0.232 e. The summed E-state index contributed by atoms with van der Waals surface area (Å²) in [5.74, 6) is 0.575. The summed E-state index contributed by atoms with van der Waals surface area (Å²) in [7, 11) is -3.45. The van der Waals surface area contributed by atoms with Crippen molar-refractivity contribution in [3.63, 3.8) is 0 Å². The van der Waals surface area contributed by atoms with E-state index in [9.17, 15) is 13.2 Å². The van der Waals surface area contributed by atoms with Gasteiger partial charge in [0.2, 0.25) is 15.9 Å². The van der Waals surface area contributed by atoms with E-state index in [1.165, 1.54) is 36.4 Å². The summed E-state index contributed by atoms with van der Waals surface area (Å²) in [5, 5.41) is 3.37. The molecule has 1 fully saturated rings. The maximum absolute atomic E-state index is 12.1. The second-order valence-electron chi connectivity index (χ2n) is 6.70. The van der Waals surface area contributed by atoms with Crippen molar-refractivity contribution in [2.45, 2.75) is 44.9 Å². The summed E-state index contributed by atoms with van der Waals surface area (Å²) < 4.78 is 25.4. The van der Waals surface area contributed by atoms with Crippen LogP contribution in [0.3, 0.4) is 0 Å². The number of amides is 1. The lowest BCUT2D eigenvalue weighted by Crippen LogP contribution is -2.33. The lowest BCUT2D eigenvalue weighted by Gasteiger charge is -2.24. The van der Waals surface area contributed by atoms with Crippen LogP contribution in [0.15, 0.2) is 24.3 Å². The molecule has 0 heterocycles. The lowest BCUT2D eigenvalue weighted by molar-refractivity contribution is -0.121. The molecule has 0 unspecified atom stereocenters. The van der Waals surface area contributed by atoms with Gasteiger partial charge in [-0.2, -0.15) is 0 Å². The number of nitrogens with zero attached hydrogens (tertiary/aromatic N) is 1. The molecule has 25 heavy (non-hydrogen) atoms. The van der Waals surface area contributed by atoms with Crippen LogP contribution < -0.4 is 9.62 Å². The van der Waals surface area contributed by atoms with E-state index in [1.54, 1.807) is 24.3 Å². The molecule has 1 aliphatic carbocycles. The number of para-hydroxylation sites is 1. The van der Waals surface area contributed by atoms with E-state index in [-0.39, 0.29) is 12.5 Å². The number of carbonyl (C=O) groups is 1. The van der Waals surface area contributed by atoms with Gasteiger partial charge in [-0.05, 0) is 37.3 Å². The van der Waals surface area contributed by atoms with Gasteiger partial charge in [0, 0.05) is 19.5 Å². The maximum Gasteiger partial charge on any atom is 0.232 e. The fourth-order valence-corrected chi connectivity index (χ4v) is 4.51. The van der Waals surface area contributed by atoms with Crippen molar-refractivity contribution in [3.8, 4) is 0 Å². The van der Waals surface area contributed by atoms with Gasteiger partial charge in [-0.15, -0.1) is 0 Å². The third kappa shape index (κ3) is 6.51. The number of halogens is 1. The zero-order chi connectivity index (χ0) is 18.3. The van der Waals surface area contributed by atoms with Crippen LogP contribution >= 0.6 is 11.6 Å². The zero-order valence-corrected chi connectivity index (χ0v) is 16.3. The first-order chi connectivity index (χ1) is 11.9. The van der Waals surface area contributed by atoms with Crippen LogP contribution in [-0.4, -0.2) is 33.7 Å². The van der Waals surface area contributed by atoms with Crippen LogP contribution in [0, 0.1) is 5.92 Å². The van der Waals surface area contributed by atoms with Crippen molar-refractivity contribution in [2.75, 3.05) is 23.7 Å². The minimum absolute atomic E-state index is 0.0156. The van der Waals surface area contributed by atoms with Crippen LogP contribution in [-0.2, 0) is 14.8 Å². The Morgan fingerprint density at radius 1 is 1.24 bits per heavy atom. The van der Waals surface area contributed by atoms with Gasteiger partial charge in [-0.3, -0.25) is 9.10 Å². The molecule has 7 heteroatoms. The average molecular weight is 387 g/mol. The highest BCUT2D eigenvalue weighted by Crippen LogP contribution is 2.27. The summed E-state index contributed by atoms with van der Waals surface area (Å²) in [6.07, 6.45) is 8.10. The van der Waals surface area contributed by atoms with Gasteiger partial charge in [0.05, 0.1) is 17.0 Å². The zero-order valence-electron chi connectivity index (χ0n) is 14.7. The molecule has 2 rings (SSSR count). The molecular formula is C18H27ClN2O3S. The number of anilines is 1. The minimum atomic E-state index is -3.45. The Morgan fingerprint density at radius 3 is 2.56 bits per heavy atom. The number of sulfonamides is 1. The monoisotopic (exact) mass is 386 g/mol. The molecule has 1 aromatic rings. The first-order valence-corrected chi connectivity index (χ1v) is 11.1. The van der Waals surface area contributed by atoms with Crippen LogP contribution in [0.4, 0.5) is 5.69 Å². The van der Waals surface area contributed by atoms with Crippen molar-refractivity contribution in [1.82, 2.24) is 5.32 Å². The van der Waals surface area contributed by atoms with Crippen LogP contribution in [0.2, 0.25) is 5.02 Å². The summed E-state index contributed by atoms with van der Waals surface area (Å²) in [5.41, 5.74) is 0.453. The SMILES string of the molecule is CS(=O)(=O)N(CCCC(=O)NCC1CCCCC1)c1ccccc1Cl. The molecule has 0 aromatic heterocycles. The van der Waals surface area contributed by atoms with Crippen molar-refractivity contribution in [1.29, 1.82) is 0 Å². The second kappa shape index (κ2) is 9.43. The fourth-order valence-electron chi connectivity index (χ4n) is 3.24. The molecule has 5 nitrogen and oxygen atoms in total. The molecule has 0 aliphatic heterocycles. The van der Waals surface area contributed by atoms with Gasteiger partial charge in [-0.1, -0.05) is 43.0 Å². The Labute approximate surface area is 155 Å². The summed E-state index contributed by atoms with van der Waals surface area (Å²) >= 11 is 6.12. The van der Waals surface area contributed by atoms with Crippen molar-refractivity contribution in [3.05, 3.63) is 29.3 Å².